The molecule has 4 unspecified atom stereocenters. The van der Waals surface area contributed by atoms with E-state index in [9.17, 15) is 13.5 Å². The molecule has 0 bridgehead atoms. The molecule has 0 radical (unpaired) electrons. The number of hydrogen-bond acceptors (Lipinski definition) is 5. The van der Waals surface area contributed by atoms with Crippen molar-refractivity contribution in [3.05, 3.63) is 172 Å². The summed E-state index contributed by atoms with van der Waals surface area (Å²) in [7, 11) is -3.36. The van der Waals surface area contributed by atoms with Crippen LogP contribution in [-0.4, -0.2) is 39.7 Å². The lowest BCUT2D eigenvalue weighted by Gasteiger charge is -2.21. The zero-order valence-corrected chi connectivity index (χ0v) is 35.1. The molecule has 2 aromatic heterocycles. The SMILES string of the molecule is CC(C)(O)c1ccccc1-c1ccc2nc(C3CC3c3cccc(Cl)c3)[nH]c2c1.CS(=O)(=O)Nc1ccccc1-c1ccc2nc(C3CC3c3cccc(Cl)c3)[nH]c2c1. The Labute approximate surface area is 353 Å². The normalized spacial score (nSPS) is 18.7. The fourth-order valence-electron chi connectivity index (χ4n) is 8.24. The van der Waals surface area contributed by atoms with Gasteiger partial charge in [-0.15, -0.1) is 0 Å². The summed E-state index contributed by atoms with van der Waals surface area (Å²) in [5, 5.41) is 12.1. The van der Waals surface area contributed by atoms with E-state index in [0.717, 1.165) is 90.7 Å². The fraction of sp³-hybridized carbons (Fsp3) is 0.208. The number of rotatable bonds is 9. The second-order valence-electron chi connectivity index (χ2n) is 16.2. The third-order valence-electron chi connectivity index (χ3n) is 11.3. The Kier molecular flexibility index (Phi) is 10.1. The van der Waals surface area contributed by atoms with Crippen molar-refractivity contribution in [2.24, 2.45) is 0 Å². The summed E-state index contributed by atoms with van der Waals surface area (Å²) >= 11 is 12.3. The van der Waals surface area contributed by atoms with Crippen molar-refractivity contribution in [1.29, 1.82) is 0 Å². The molecule has 59 heavy (non-hydrogen) atoms. The quantitative estimate of drug-likeness (QED) is 0.115. The fourth-order valence-corrected chi connectivity index (χ4v) is 9.22. The van der Waals surface area contributed by atoms with Crippen LogP contribution in [0.15, 0.2) is 133 Å². The summed E-state index contributed by atoms with van der Waals surface area (Å²) in [6.07, 6.45) is 3.29. The summed E-state index contributed by atoms with van der Waals surface area (Å²) < 4.78 is 26.0. The molecule has 11 heteroatoms. The Bertz CT molecular complexity index is 2970. The van der Waals surface area contributed by atoms with E-state index >= 15 is 0 Å². The predicted octanol–water partition coefficient (Wildman–Crippen LogP) is 11.9. The van der Waals surface area contributed by atoms with E-state index in [0.29, 0.717) is 29.4 Å². The molecule has 6 aromatic carbocycles. The highest BCUT2D eigenvalue weighted by Crippen LogP contribution is 2.55. The summed E-state index contributed by atoms with van der Waals surface area (Å²) in [6, 6.07) is 43.8. The van der Waals surface area contributed by atoms with Gasteiger partial charge in [-0.1, -0.05) is 102 Å². The Morgan fingerprint density at radius 2 is 1.12 bits per heavy atom. The van der Waals surface area contributed by atoms with Crippen molar-refractivity contribution >= 4 is 61.0 Å². The maximum Gasteiger partial charge on any atom is 0.229 e. The molecule has 4 N–H and O–H groups in total. The highest BCUT2D eigenvalue weighted by Gasteiger charge is 2.42. The number of aromatic amines is 2. The second-order valence-corrected chi connectivity index (χ2v) is 18.9. The topological polar surface area (TPSA) is 124 Å². The molecule has 2 aliphatic rings. The molecule has 10 rings (SSSR count). The number of halogens is 2. The van der Waals surface area contributed by atoms with Gasteiger partial charge in [0.25, 0.3) is 0 Å². The zero-order valence-electron chi connectivity index (χ0n) is 32.7. The van der Waals surface area contributed by atoms with E-state index in [1.807, 2.05) is 98.8 Å². The first-order valence-corrected chi connectivity index (χ1v) is 22.3. The standard InChI is InChI=1S/C25H23ClN2O.C23H20ClN3O2S/c1-25(2,29)21-9-4-3-8-18(21)16-10-11-22-23(13-16)28-24(27-22)20-14-19(20)15-6-5-7-17(26)12-15;1-30(28,29)27-20-8-3-2-7-17(20)15-9-10-21-22(12-15)26-23(25-21)19-13-18(19)14-5-4-6-16(24)11-14/h3-13,19-20,29H,14H2,1-2H3,(H,27,28);2-12,18-19,27H,13H2,1H3,(H,25,26). The van der Waals surface area contributed by atoms with Gasteiger partial charge in [-0.2, -0.15) is 0 Å². The lowest BCUT2D eigenvalue weighted by Crippen LogP contribution is -2.16. The van der Waals surface area contributed by atoms with Crippen LogP contribution in [0.25, 0.3) is 44.3 Å². The summed E-state index contributed by atoms with van der Waals surface area (Å²) in [4.78, 5) is 16.6. The monoisotopic (exact) mass is 839 g/mol. The Hall–Kier alpha value is -5.45. The minimum absolute atomic E-state index is 0.360. The third kappa shape index (κ3) is 8.52. The van der Waals surface area contributed by atoms with Gasteiger partial charge in [-0.05, 0) is 127 Å². The van der Waals surface area contributed by atoms with E-state index < -0.39 is 15.6 Å². The number of aliphatic hydroxyl groups is 1. The number of nitrogens with one attached hydrogen (secondary N) is 3. The van der Waals surface area contributed by atoms with E-state index in [4.69, 9.17) is 33.2 Å². The number of imidazole rings is 2. The number of hydrogen-bond donors (Lipinski definition) is 4. The molecule has 2 fully saturated rings. The molecule has 4 atom stereocenters. The largest absolute Gasteiger partial charge is 0.386 e. The van der Waals surface area contributed by atoms with Crippen molar-refractivity contribution in [1.82, 2.24) is 19.9 Å². The number of fused-ring (bicyclic) bond motifs is 2. The predicted molar refractivity (Wildman–Crippen MR) is 240 cm³/mol. The first-order valence-electron chi connectivity index (χ1n) is 19.7. The van der Waals surface area contributed by atoms with E-state index in [-0.39, 0.29) is 0 Å². The van der Waals surface area contributed by atoms with Crippen LogP contribution in [0.4, 0.5) is 5.69 Å². The molecule has 2 aliphatic carbocycles. The van der Waals surface area contributed by atoms with Gasteiger partial charge in [0.1, 0.15) is 11.6 Å². The van der Waals surface area contributed by atoms with Crippen molar-refractivity contribution in [3.8, 4) is 22.3 Å². The molecular weight excluding hydrogens is 798 g/mol. The summed E-state index contributed by atoms with van der Waals surface area (Å²) in [5.41, 5.74) is 10.8. The molecule has 0 aliphatic heterocycles. The van der Waals surface area contributed by atoms with Crippen LogP contribution in [-0.2, 0) is 15.6 Å². The average Bonchev–Trinajstić information content (AvgIpc) is 4.10. The molecule has 0 saturated heterocycles. The molecular formula is C48H43Cl2N5O3S. The summed E-state index contributed by atoms with van der Waals surface area (Å²) in [5.74, 6) is 3.70. The lowest BCUT2D eigenvalue weighted by molar-refractivity contribution is 0.0792. The van der Waals surface area contributed by atoms with Gasteiger partial charge in [0.05, 0.1) is 39.6 Å². The van der Waals surface area contributed by atoms with Crippen molar-refractivity contribution < 1.29 is 13.5 Å². The number of benzene rings is 6. The van der Waals surface area contributed by atoms with Gasteiger partial charge >= 0.3 is 0 Å². The first-order chi connectivity index (χ1) is 28.3. The van der Waals surface area contributed by atoms with Gasteiger partial charge in [0, 0.05) is 27.4 Å². The van der Waals surface area contributed by atoms with Crippen molar-refractivity contribution in [2.75, 3.05) is 11.0 Å². The number of anilines is 1. The molecule has 2 saturated carbocycles. The molecule has 8 nitrogen and oxygen atoms in total. The maximum atomic E-state index is 11.7. The van der Waals surface area contributed by atoms with Crippen LogP contribution in [0.5, 0.6) is 0 Å². The van der Waals surface area contributed by atoms with Gasteiger partial charge in [-0.25, -0.2) is 18.4 Å². The minimum Gasteiger partial charge on any atom is -0.386 e. The Balaban J connectivity index is 0.000000152. The van der Waals surface area contributed by atoms with Crippen LogP contribution in [0.2, 0.25) is 10.0 Å². The van der Waals surface area contributed by atoms with E-state index in [2.05, 4.69) is 57.2 Å². The van der Waals surface area contributed by atoms with Crippen LogP contribution < -0.4 is 4.72 Å². The highest BCUT2D eigenvalue weighted by molar-refractivity contribution is 7.92. The average molecular weight is 841 g/mol. The molecule has 0 spiro atoms. The van der Waals surface area contributed by atoms with Gasteiger partial charge in [0.15, 0.2) is 0 Å². The van der Waals surface area contributed by atoms with Gasteiger partial charge in [-0.3, -0.25) is 4.72 Å². The molecule has 8 aromatic rings. The van der Waals surface area contributed by atoms with Crippen LogP contribution in [0.1, 0.15) is 78.7 Å². The van der Waals surface area contributed by atoms with Crippen molar-refractivity contribution in [2.45, 2.75) is 56.0 Å². The van der Waals surface area contributed by atoms with Crippen LogP contribution in [0.3, 0.4) is 0 Å². The van der Waals surface area contributed by atoms with Gasteiger partial charge in [0.2, 0.25) is 10.0 Å². The zero-order chi connectivity index (χ0) is 41.1. The second kappa shape index (κ2) is 15.3. The first kappa shape index (κ1) is 39.0. The van der Waals surface area contributed by atoms with E-state index in [1.54, 1.807) is 6.07 Å². The molecule has 2 heterocycles. The molecule has 0 amide bonds. The Morgan fingerprint density at radius 1 is 0.627 bits per heavy atom. The number of sulfonamides is 1. The number of aromatic nitrogens is 4. The lowest BCUT2D eigenvalue weighted by atomic mass is 9.89. The minimum atomic E-state index is -3.36. The van der Waals surface area contributed by atoms with Gasteiger partial charge < -0.3 is 15.1 Å². The number of H-pyrrole nitrogens is 2. The summed E-state index contributed by atoms with van der Waals surface area (Å²) in [6.45, 7) is 3.64. The van der Waals surface area contributed by atoms with Crippen LogP contribution in [0, 0.1) is 0 Å². The van der Waals surface area contributed by atoms with E-state index in [1.165, 1.54) is 11.1 Å². The number of para-hydroxylation sites is 1. The Morgan fingerprint density at radius 3 is 1.63 bits per heavy atom. The third-order valence-corrected chi connectivity index (χ3v) is 12.3. The maximum absolute atomic E-state index is 11.7. The van der Waals surface area contributed by atoms with Crippen molar-refractivity contribution in [3.63, 3.8) is 0 Å². The highest BCUT2D eigenvalue weighted by atomic mass is 35.5. The number of nitrogens with zero attached hydrogens (tertiary/aromatic N) is 2. The smallest absolute Gasteiger partial charge is 0.229 e. The molecule has 298 valence electrons. The van der Waals surface area contributed by atoms with Crippen LogP contribution >= 0.6 is 23.2 Å².